The molecule has 21 heavy (non-hydrogen) atoms. The first kappa shape index (κ1) is 14.3. The summed E-state index contributed by atoms with van der Waals surface area (Å²) in [6.07, 6.45) is 2.29. The number of aliphatic carboxylic acids is 1. The molecule has 110 valence electrons. The van der Waals surface area contributed by atoms with Gasteiger partial charge in [-0.1, -0.05) is 30.0 Å². The number of hydrogen-bond acceptors (Lipinski definition) is 4. The number of hydrogen-bond donors (Lipinski definition) is 1. The lowest BCUT2D eigenvalue weighted by molar-refractivity contribution is -0.143. The van der Waals surface area contributed by atoms with Gasteiger partial charge in [0.05, 0.1) is 0 Å². The van der Waals surface area contributed by atoms with Crippen LogP contribution in [0.1, 0.15) is 18.0 Å². The van der Waals surface area contributed by atoms with E-state index < -0.39 is 17.8 Å². The summed E-state index contributed by atoms with van der Waals surface area (Å²) in [6.45, 7) is 0.933. The quantitative estimate of drug-likeness (QED) is 0.928. The Balaban J connectivity index is 1.89. The molecule has 4 nitrogen and oxygen atoms in total. The maximum atomic E-state index is 13.9. The smallest absolute Gasteiger partial charge is 0.325 e. The second-order valence-electron chi connectivity index (χ2n) is 5.17. The normalized spacial score (nSPS) is 23.6. The zero-order valence-corrected chi connectivity index (χ0v) is 12.0. The van der Waals surface area contributed by atoms with Crippen LogP contribution in [0, 0.1) is 5.82 Å². The van der Waals surface area contributed by atoms with Crippen LogP contribution in [-0.2, 0) is 9.59 Å². The molecule has 3 rings (SSSR count). The second kappa shape index (κ2) is 5.61. The number of carbonyl (C=O) groups is 2. The van der Waals surface area contributed by atoms with Gasteiger partial charge in [0.15, 0.2) is 0 Å². The molecule has 2 aliphatic heterocycles. The van der Waals surface area contributed by atoms with Crippen molar-refractivity contribution in [1.29, 1.82) is 0 Å². The Morgan fingerprint density at radius 2 is 2.19 bits per heavy atom. The van der Waals surface area contributed by atoms with E-state index >= 15 is 0 Å². The maximum absolute atomic E-state index is 13.9. The Hall–Kier alpha value is -1.66. The van der Waals surface area contributed by atoms with E-state index in [4.69, 9.17) is 0 Å². The van der Waals surface area contributed by atoms with Gasteiger partial charge < -0.3 is 5.11 Å². The zero-order valence-electron chi connectivity index (χ0n) is 11.2. The van der Waals surface area contributed by atoms with E-state index in [1.807, 2.05) is 0 Å². The predicted octanol–water partition coefficient (Wildman–Crippen LogP) is 2.23. The van der Waals surface area contributed by atoms with E-state index in [1.54, 1.807) is 23.1 Å². The highest BCUT2D eigenvalue weighted by Crippen LogP contribution is 2.37. The van der Waals surface area contributed by atoms with Crippen LogP contribution in [0.4, 0.5) is 4.39 Å². The van der Waals surface area contributed by atoms with Gasteiger partial charge >= 0.3 is 5.97 Å². The van der Waals surface area contributed by atoms with Crippen molar-refractivity contribution in [2.75, 3.05) is 13.1 Å². The van der Waals surface area contributed by atoms with Crippen LogP contribution < -0.4 is 0 Å². The van der Waals surface area contributed by atoms with Gasteiger partial charge in [-0.15, -0.1) is 0 Å². The summed E-state index contributed by atoms with van der Waals surface area (Å²) in [5, 5.41) is 9.68. The van der Waals surface area contributed by atoms with Gasteiger partial charge in [0.25, 0.3) is 0 Å². The van der Waals surface area contributed by atoms with Gasteiger partial charge in [0, 0.05) is 23.9 Å². The number of carboxylic acid groups (broad SMARTS) is 1. The average molecular weight is 307 g/mol. The highest BCUT2D eigenvalue weighted by molar-refractivity contribution is 8.15. The van der Waals surface area contributed by atoms with Gasteiger partial charge in [0.2, 0.25) is 5.12 Å². The Morgan fingerprint density at radius 1 is 1.43 bits per heavy atom. The summed E-state index contributed by atoms with van der Waals surface area (Å²) in [6, 6.07) is 4.93. The molecule has 1 aromatic rings. The largest absolute Gasteiger partial charge is 0.480 e. The topological polar surface area (TPSA) is 57.6 Å². The fourth-order valence-corrected chi connectivity index (χ4v) is 3.90. The van der Waals surface area contributed by atoms with Gasteiger partial charge in [-0.25, -0.2) is 4.39 Å². The second-order valence-corrected chi connectivity index (χ2v) is 6.37. The lowest BCUT2D eigenvalue weighted by Crippen LogP contribution is -2.41. The van der Waals surface area contributed by atoms with Gasteiger partial charge in [-0.3, -0.25) is 14.5 Å². The van der Waals surface area contributed by atoms with E-state index in [2.05, 4.69) is 0 Å². The molecular formula is C15H14FNO3S. The molecule has 0 spiro atoms. The van der Waals surface area contributed by atoms with Crippen molar-refractivity contribution < 1.29 is 19.1 Å². The third-order valence-corrected chi connectivity index (χ3v) is 5.01. The monoisotopic (exact) mass is 307 g/mol. The minimum Gasteiger partial charge on any atom is -0.480 e. The van der Waals surface area contributed by atoms with E-state index in [1.165, 1.54) is 23.9 Å². The summed E-state index contributed by atoms with van der Waals surface area (Å²) >= 11 is 1.29. The number of rotatable bonds is 3. The third-order valence-electron chi connectivity index (χ3n) is 3.84. The molecule has 2 aliphatic rings. The number of likely N-dealkylation sites (tertiary alicyclic amines) is 1. The Bertz CT molecular complexity index is 631. The molecule has 0 radical (unpaired) electrons. The molecule has 2 atom stereocenters. The summed E-state index contributed by atoms with van der Waals surface area (Å²) in [5.74, 6) is -1.59. The molecule has 0 amide bonds. The van der Waals surface area contributed by atoms with Crippen molar-refractivity contribution in [2.45, 2.75) is 17.7 Å². The van der Waals surface area contributed by atoms with Crippen LogP contribution in [0.2, 0.25) is 0 Å². The SMILES string of the molecule is O=C1C=C2CN(C(C(=O)O)c3ccccc3F)CCC2S1. The molecule has 6 heteroatoms. The van der Waals surface area contributed by atoms with Crippen LogP contribution in [-0.4, -0.2) is 39.4 Å². The standard InChI is InChI=1S/C15H14FNO3S/c16-11-4-2-1-3-10(11)14(15(19)20)17-6-5-12-9(8-17)7-13(18)21-12/h1-4,7,12,14H,5-6,8H2,(H,19,20). The summed E-state index contributed by atoms with van der Waals surface area (Å²) in [7, 11) is 0. The van der Waals surface area contributed by atoms with Crippen molar-refractivity contribution >= 4 is 22.8 Å². The molecule has 1 N–H and O–H groups in total. The number of benzene rings is 1. The summed E-state index contributed by atoms with van der Waals surface area (Å²) < 4.78 is 13.9. The first-order chi connectivity index (χ1) is 10.1. The van der Waals surface area contributed by atoms with Crippen molar-refractivity contribution in [3.05, 3.63) is 47.3 Å². The zero-order chi connectivity index (χ0) is 15.0. The van der Waals surface area contributed by atoms with Crippen LogP contribution in [0.25, 0.3) is 0 Å². The first-order valence-electron chi connectivity index (χ1n) is 6.68. The highest BCUT2D eigenvalue weighted by atomic mass is 32.2. The summed E-state index contributed by atoms with van der Waals surface area (Å²) in [5.41, 5.74) is 1.11. The highest BCUT2D eigenvalue weighted by Gasteiger charge is 2.37. The lowest BCUT2D eigenvalue weighted by Gasteiger charge is -2.35. The molecule has 1 saturated heterocycles. The maximum Gasteiger partial charge on any atom is 0.325 e. The van der Waals surface area contributed by atoms with Crippen molar-refractivity contribution in [3.8, 4) is 0 Å². The van der Waals surface area contributed by atoms with Gasteiger partial charge in [-0.05, 0) is 24.1 Å². The predicted molar refractivity (Wildman–Crippen MR) is 77.4 cm³/mol. The molecule has 0 saturated carbocycles. The first-order valence-corrected chi connectivity index (χ1v) is 7.56. The molecule has 2 unspecified atom stereocenters. The lowest BCUT2D eigenvalue weighted by atomic mass is 9.98. The molecule has 0 aliphatic carbocycles. The van der Waals surface area contributed by atoms with Crippen molar-refractivity contribution in [3.63, 3.8) is 0 Å². The third kappa shape index (κ3) is 2.73. The van der Waals surface area contributed by atoms with Crippen molar-refractivity contribution in [1.82, 2.24) is 4.90 Å². The van der Waals surface area contributed by atoms with E-state index in [-0.39, 0.29) is 15.9 Å². The molecule has 1 aromatic carbocycles. The Labute approximate surface area is 125 Å². The van der Waals surface area contributed by atoms with Gasteiger partial charge in [0.1, 0.15) is 11.9 Å². The van der Waals surface area contributed by atoms with Gasteiger partial charge in [-0.2, -0.15) is 0 Å². The van der Waals surface area contributed by atoms with Crippen LogP contribution >= 0.6 is 11.8 Å². The van der Waals surface area contributed by atoms with Crippen LogP contribution in [0.3, 0.4) is 0 Å². The fourth-order valence-electron chi connectivity index (χ4n) is 2.89. The van der Waals surface area contributed by atoms with Crippen LogP contribution in [0.15, 0.2) is 35.9 Å². The molecule has 2 heterocycles. The average Bonchev–Trinajstić information content (AvgIpc) is 2.80. The summed E-state index contributed by atoms with van der Waals surface area (Å²) in [4.78, 5) is 24.8. The number of fused-ring (bicyclic) bond motifs is 1. The number of halogens is 1. The number of piperidine rings is 1. The van der Waals surface area contributed by atoms with E-state index in [9.17, 15) is 19.1 Å². The molecular weight excluding hydrogens is 293 g/mol. The van der Waals surface area contributed by atoms with E-state index in [0.717, 1.165) is 5.57 Å². The van der Waals surface area contributed by atoms with Crippen LogP contribution in [0.5, 0.6) is 0 Å². The minimum atomic E-state index is -1.07. The molecule has 1 fully saturated rings. The number of thioether (sulfide) groups is 1. The minimum absolute atomic E-state index is 0.0228. The number of carboxylic acids is 1. The Kier molecular flexibility index (Phi) is 3.82. The van der Waals surface area contributed by atoms with E-state index in [0.29, 0.717) is 19.5 Å². The number of nitrogens with zero attached hydrogens (tertiary/aromatic N) is 1. The molecule has 0 bridgehead atoms. The van der Waals surface area contributed by atoms with Crippen molar-refractivity contribution in [2.24, 2.45) is 0 Å². The Morgan fingerprint density at radius 3 is 2.90 bits per heavy atom. The molecule has 0 aromatic heterocycles. The number of carbonyl (C=O) groups excluding carboxylic acids is 1. The fraction of sp³-hybridized carbons (Fsp3) is 0.333.